The lowest BCUT2D eigenvalue weighted by Gasteiger charge is -2.13. The van der Waals surface area contributed by atoms with E-state index in [1.165, 1.54) is 14.2 Å². The van der Waals surface area contributed by atoms with Gasteiger partial charge in [-0.05, 0) is 31.0 Å². The Morgan fingerprint density at radius 3 is 2.48 bits per heavy atom. The SMILES string of the molecule is COc1ccc(OC)c(N=Nc2c(C)c(C#N)c(O)n(CCc3ccccc3)c2=O)c1. The number of ether oxygens (including phenoxy) is 2. The molecular weight excluding hydrogens is 396 g/mol. The molecule has 0 spiro atoms. The molecule has 0 atom stereocenters. The van der Waals surface area contributed by atoms with Crippen molar-refractivity contribution in [3.05, 3.63) is 75.6 Å². The Hall–Kier alpha value is -4.12. The third-order valence-corrected chi connectivity index (χ3v) is 4.88. The summed E-state index contributed by atoms with van der Waals surface area (Å²) >= 11 is 0. The maximum atomic E-state index is 13.1. The molecule has 0 saturated carbocycles. The van der Waals surface area contributed by atoms with Gasteiger partial charge in [-0.3, -0.25) is 9.36 Å². The number of aromatic nitrogens is 1. The molecule has 1 heterocycles. The van der Waals surface area contributed by atoms with Crippen LogP contribution < -0.4 is 15.0 Å². The van der Waals surface area contributed by atoms with E-state index in [0.29, 0.717) is 23.6 Å². The predicted octanol–water partition coefficient (Wildman–Crippen LogP) is 4.41. The lowest BCUT2D eigenvalue weighted by Crippen LogP contribution is -2.22. The van der Waals surface area contributed by atoms with Crippen LogP contribution in [0.3, 0.4) is 0 Å². The van der Waals surface area contributed by atoms with Crippen molar-refractivity contribution in [3.63, 3.8) is 0 Å². The zero-order valence-corrected chi connectivity index (χ0v) is 17.5. The molecule has 0 aliphatic heterocycles. The molecule has 158 valence electrons. The van der Waals surface area contributed by atoms with Crippen molar-refractivity contribution in [1.82, 2.24) is 4.57 Å². The van der Waals surface area contributed by atoms with Crippen LogP contribution in [0.2, 0.25) is 0 Å². The average Bonchev–Trinajstić information content (AvgIpc) is 2.79. The van der Waals surface area contributed by atoms with Crippen molar-refractivity contribution >= 4 is 11.4 Å². The molecule has 3 aromatic rings. The van der Waals surface area contributed by atoms with Gasteiger partial charge in [-0.15, -0.1) is 10.2 Å². The molecule has 3 rings (SSSR count). The third kappa shape index (κ3) is 4.56. The number of nitriles is 1. The molecule has 0 radical (unpaired) electrons. The van der Waals surface area contributed by atoms with Gasteiger partial charge in [0.25, 0.3) is 5.56 Å². The highest BCUT2D eigenvalue weighted by atomic mass is 16.5. The highest BCUT2D eigenvalue weighted by molar-refractivity contribution is 5.58. The molecule has 0 unspecified atom stereocenters. The number of aryl methyl sites for hydroxylation is 1. The summed E-state index contributed by atoms with van der Waals surface area (Å²) in [6.07, 6.45) is 0.503. The third-order valence-electron chi connectivity index (χ3n) is 4.88. The Balaban J connectivity index is 2.05. The minimum atomic E-state index is -0.532. The first-order chi connectivity index (χ1) is 15.0. The zero-order valence-electron chi connectivity index (χ0n) is 17.5. The number of azo groups is 1. The fourth-order valence-corrected chi connectivity index (χ4v) is 3.13. The minimum absolute atomic E-state index is 0.0146. The molecule has 0 fully saturated rings. The summed E-state index contributed by atoms with van der Waals surface area (Å²) in [5.74, 6) is 0.625. The Morgan fingerprint density at radius 2 is 1.84 bits per heavy atom. The van der Waals surface area contributed by atoms with Crippen LogP contribution in [-0.4, -0.2) is 23.9 Å². The lowest BCUT2D eigenvalue weighted by atomic mass is 10.1. The standard InChI is InChI=1S/C23H22N4O4/c1-15-18(14-24)22(28)27(12-11-16-7-5-4-6-8-16)23(29)21(15)26-25-19-13-17(30-2)9-10-20(19)31-3/h4-10,13,28H,11-12H2,1-3H3. The molecule has 1 aromatic heterocycles. The van der Waals surface area contributed by atoms with Gasteiger partial charge in [0.15, 0.2) is 5.69 Å². The van der Waals surface area contributed by atoms with Crippen LogP contribution in [0, 0.1) is 18.3 Å². The Kier molecular flexibility index (Phi) is 6.67. The van der Waals surface area contributed by atoms with Gasteiger partial charge in [-0.25, -0.2) is 0 Å². The molecule has 1 N–H and O–H groups in total. The van der Waals surface area contributed by atoms with E-state index in [1.807, 2.05) is 36.4 Å². The van der Waals surface area contributed by atoms with Gasteiger partial charge >= 0.3 is 0 Å². The highest BCUT2D eigenvalue weighted by Gasteiger charge is 2.19. The fraction of sp³-hybridized carbons (Fsp3) is 0.217. The van der Waals surface area contributed by atoms with Crippen LogP contribution in [0.25, 0.3) is 0 Å². The summed E-state index contributed by atoms with van der Waals surface area (Å²) in [7, 11) is 3.02. The van der Waals surface area contributed by atoms with Gasteiger partial charge in [-0.1, -0.05) is 30.3 Å². The quantitative estimate of drug-likeness (QED) is 0.572. The fourth-order valence-electron chi connectivity index (χ4n) is 3.13. The second kappa shape index (κ2) is 9.59. The van der Waals surface area contributed by atoms with E-state index in [0.717, 1.165) is 10.1 Å². The summed E-state index contributed by atoms with van der Waals surface area (Å²) in [5.41, 5.74) is 1.05. The summed E-state index contributed by atoms with van der Waals surface area (Å²) in [6.45, 7) is 1.74. The lowest BCUT2D eigenvalue weighted by molar-refractivity contribution is 0.403. The number of methoxy groups -OCH3 is 2. The normalized spacial score (nSPS) is 10.8. The molecule has 8 nitrogen and oxygen atoms in total. The van der Waals surface area contributed by atoms with Crippen LogP contribution in [-0.2, 0) is 13.0 Å². The number of rotatable bonds is 7. The van der Waals surface area contributed by atoms with Crippen molar-refractivity contribution in [1.29, 1.82) is 5.26 Å². The summed E-state index contributed by atoms with van der Waals surface area (Å²) in [5, 5.41) is 28.3. The molecule has 2 aromatic carbocycles. The second-order valence-electron chi connectivity index (χ2n) is 6.71. The Morgan fingerprint density at radius 1 is 1.10 bits per heavy atom. The van der Waals surface area contributed by atoms with Crippen molar-refractivity contribution in [3.8, 4) is 23.4 Å². The highest BCUT2D eigenvalue weighted by Crippen LogP contribution is 2.33. The van der Waals surface area contributed by atoms with Crippen LogP contribution >= 0.6 is 0 Å². The van der Waals surface area contributed by atoms with Gasteiger partial charge in [0, 0.05) is 18.2 Å². The van der Waals surface area contributed by atoms with Gasteiger partial charge in [-0.2, -0.15) is 5.26 Å². The van der Waals surface area contributed by atoms with Crippen molar-refractivity contribution < 1.29 is 14.6 Å². The van der Waals surface area contributed by atoms with Crippen molar-refractivity contribution in [2.24, 2.45) is 10.2 Å². The van der Waals surface area contributed by atoms with Crippen LogP contribution in [0.4, 0.5) is 11.4 Å². The topological polar surface area (TPSA) is 109 Å². The van der Waals surface area contributed by atoms with E-state index >= 15 is 0 Å². The van der Waals surface area contributed by atoms with Crippen LogP contribution in [0.5, 0.6) is 17.4 Å². The predicted molar refractivity (Wildman–Crippen MR) is 116 cm³/mol. The second-order valence-corrected chi connectivity index (χ2v) is 6.71. The van der Waals surface area contributed by atoms with E-state index in [9.17, 15) is 15.2 Å². The average molecular weight is 418 g/mol. The van der Waals surface area contributed by atoms with Crippen molar-refractivity contribution in [2.45, 2.75) is 19.9 Å². The molecule has 31 heavy (non-hydrogen) atoms. The van der Waals surface area contributed by atoms with Crippen LogP contribution in [0.1, 0.15) is 16.7 Å². The summed E-state index contributed by atoms with van der Waals surface area (Å²) in [6, 6.07) is 16.5. The van der Waals surface area contributed by atoms with E-state index in [4.69, 9.17) is 9.47 Å². The molecule has 8 heteroatoms. The van der Waals surface area contributed by atoms with Gasteiger partial charge in [0.1, 0.15) is 28.8 Å². The van der Waals surface area contributed by atoms with E-state index in [-0.39, 0.29) is 29.2 Å². The molecule has 0 amide bonds. The van der Waals surface area contributed by atoms with Crippen molar-refractivity contribution in [2.75, 3.05) is 14.2 Å². The molecule has 0 saturated heterocycles. The first-order valence-corrected chi connectivity index (χ1v) is 9.54. The number of hydrogen-bond acceptors (Lipinski definition) is 7. The zero-order chi connectivity index (χ0) is 22.4. The van der Waals surface area contributed by atoms with E-state index in [1.54, 1.807) is 25.1 Å². The number of benzene rings is 2. The number of nitrogens with zero attached hydrogens (tertiary/aromatic N) is 4. The molecule has 0 aliphatic rings. The van der Waals surface area contributed by atoms with E-state index in [2.05, 4.69) is 10.2 Å². The summed E-state index contributed by atoms with van der Waals surface area (Å²) < 4.78 is 11.6. The molecular formula is C23H22N4O4. The Bertz CT molecular complexity index is 1210. The largest absolute Gasteiger partial charge is 0.497 e. The number of hydrogen-bond donors (Lipinski definition) is 1. The smallest absolute Gasteiger partial charge is 0.281 e. The molecule has 0 aliphatic carbocycles. The number of aromatic hydroxyl groups is 1. The van der Waals surface area contributed by atoms with E-state index < -0.39 is 5.56 Å². The van der Waals surface area contributed by atoms with Gasteiger partial charge in [0.05, 0.1) is 14.2 Å². The maximum absolute atomic E-state index is 13.1. The molecule has 0 bridgehead atoms. The van der Waals surface area contributed by atoms with Gasteiger partial charge in [0.2, 0.25) is 5.88 Å². The first-order valence-electron chi connectivity index (χ1n) is 9.54. The number of pyridine rings is 1. The maximum Gasteiger partial charge on any atom is 0.281 e. The summed E-state index contributed by atoms with van der Waals surface area (Å²) in [4.78, 5) is 13.1. The first kappa shape index (κ1) is 21.6. The van der Waals surface area contributed by atoms with Crippen LogP contribution in [0.15, 0.2) is 63.6 Å². The van der Waals surface area contributed by atoms with Gasteiger partial charge < -0.3 is 14.6 Å². The Labute approximate surface area is 179 Å². The minimum Gasteiger partial charge on any atom is -0.497 e. The monoisotopic (exact) mass is 418 g/mol.